The van der Waals surface area contributed by atoms with Crippen LogP contribution in [0.3, 0.4) is 0 Å². The Morgan fingerprint density at radius 3 is 2.52 bits per heavy atom. The third-order valence-corrected chi connectivity index (χ3v) is 5.12. The van der Waals surface area contributed by atoms with Crippen LogP contribution in [0.15, 0.2) is 40.6 Å². The van der Waals surface area contributed by atoms with Gasteiger partial charge in [-0.2, -0.15) is 0 Å². The van der Waals surface area contributed by atoms with E-state index in [0.29, 0.717) is 0 Å². The van der Waals surface area contributed by atoms with E-state index < -0.39 is 15.8 Å². The van der Waals surface area contributed by atoms with Crippen molar-refractivity contribution in [2.24, 2.45) is 0 Å². The summed E-state index contributed by atoms with van der Waals surface area (Å²) in [6, 6.07) is 6.04. The van der Waals surface area contributed by atoms with Gasteiger partial charge in [0.05, 0.1) is 4.90 Å². The molecule has 6 nitrogen and oxygen atoms in total. The van der Waals surface area contributed by atoms with Crippen LogP contribution in [0.4, 0.5) is 0 Å². The number of benzene rings is 1. The first-order chi connectivity index (χ1) is 9.80. The summed E-state index contributed by atoms with van der Waals surface area (Å²) >= 11 is 0. The van der Waals surface area contributed by atoms with Crippen molar-refractivity contribution < 1.29 is 18.0 Å². The van der Waals surface area contributed by atoms with Gasteiger partial charge < -0.3 is 5.32 Å². The second kappa shape index (κ2) is 5.33. The molecule has 1 aromatic carbocycles. The minimum absolute atomic E-state index is 0.0177. The molecule has 0 bridgehead atoms. The summed E-state index contributed by atoms with van der Waals surface area (Å²) in [5, 5.41) is 2.54. The molecular weight excluding hydrogens is 292 g/mol. The number of fused-ring (bicyclic) bond motifs is 1. The Labute approximate surface area is 123 Å². The Morgan fingerprint density at radius 2 is 1.90 bits per heavy atom. The molecule has 0 aliphatic carbocycles. The number of hydrogen-bond donors (Lipinski definition) is 1. The minimum Gasteiger partial charge on any atom is -0.328 e. The molecule has 1 N–H and O–H groups in total. The Morgan fingerprint density at radius 1 is 1.29 bits per heavy atom. The molecule has 0 atom stereocenters. The lowest BCUT2D eigenvalue weighted by Gasteiger charge is -2.29. The Bertz CT molecular complexity index is 750. The maximum Gasteiger partial charge on any atom is 0.264 e. The zero-order valence-corrected chi connectivity index (χ0v) is 12.8. The Balaban J connectivity index is 2.64. The monoisotopic (exact) mass is 308 g/mol. The molecule has 1 aromatic rings. The maximum atomic E-state index is 12.5. The smallest absolute Gasteiger partial charge is 0.264 e. The zero-order chi connectivity index (χ0) is 15.8. The van der Waals surface area contributed by atoms with Gasteiger partial charge in [-0.15, -0.1) is 0 Å². The third kappa shape index (κ3) is 2.44. The molecule has 0 saturated carbocycles. The summed E-state index contributed by atoms with van der Waals surface area (Å²) in [6.07, 6.45) is 0.242. The minimum atomic E-state index is -3.79. The van der Waals surface area contributed by atoms with Gasteiger partial charge in [0, 0.05) is 24.7 Å². The van der Waals surface area contributed by atoms with Crippen LogP contribution in [0.1, 0.15) is 30.6 Å². The predicted molar refractivity (Wildman–Crippen MR) is 76.9 cm³/mol. The second-order valence-corrected chi connectivity index (χ2v) is 6.61. The van der Waals surface area contributed by atoms with Crippen LogP contribution < -0.4 is 5.32 Å². The van der Waals surface area contributed by atoms with E-state index in [1.54, 1.807) is 19.1 Å². The molecule has 21 heavy (non-hydrogen) atoms. The van der Waals surface area contributed by atoms with Crippen LogP contribution >= 0.6 is 0 Å². The van der Waals surface area contributed by atoms with Crippen molar-refractivity contribution in [3.05, 3.63) is 41.2 Å². The van der Waals surface area contributed by atoms with E-state index in [1.165, 1.54) is 26.1 Å². The summed E-state index contributed by atoms with van der Waals surface area (Å²) in [7, 11) is -2.48. The topological polar surface area (TPSA) is 83.5 Å². The normalized spacial score (nSPS) is 19.0. The predicted octanol–water partition coefficient (Wildman–Crippen LogP) is 1.26. The number of nitrogens with one attached hydrogen (secondary N) is 1. The second-order valence-electron chi connectivity index (χ2n) is 4.67. The van der Waals surface area contributed by atoms with Crippen molar-refractivity contribution in [2.75, 3.05) is 7.05 Å². The number of rotatable bonds is 2. The number of sulfonamides is 1. The van der Waals surface area contributed by atoms with Crippen molar-refractivity contribution in [3.63, 3.8) is 0 Å². The van der Waals surface area contributed by atoms with Gasteiger partial charge in [0.15, 0.2) is 0 Å². The maximum absolute atomic E-state index is 12.5. The molecule has 1 heterocycles. The molecule has 112 valence electrons. The quantitative estimate of drug-likeness (QED) is 0.834. The fourth-order valence-corrected chi connectivity index (χ4v) is 3.63. The number of amides is 1. The highest BCUT2D eigenvalue weighted by Crippen LogP contribution is 2.31. The number of carbonyl (C=O) groups is 2. The molecular formula is C14H16N2O4S. The van der Waals surface area contributed by atoms with Crippen LogP contribution in [0, 0.1) is 0 Å². The van der Waals surface area contributed by atoms with E-state index in [0.717, 1.165) is 4.31 Å². The molecule has 0 spiro atoms. The van der Waals surface area contributed by atoms with Crippen LogP contribution in [0.25, 0.3) is 0 Å². The van der Waals surface area contributed by atoms with Gasteiger partial charge >= 0.3 is 0 Å². The molecule has 2 rings (SSSR count). The van der Waals surface area contributed by atoms with Gasteiger partial charge in [0.1, 0.15) is 5.70 Å². The number of Topliss-reactive ketones (excluding diaryl/α,β-unsaturated/α-hetero) is 1. The van der Waals surface area contributed by atoms with Gasteiger partial charge in [-0.05, 0) is 19.1 Å². The first-order valence-electron chi connectivity index (χ1n) is 6.44. The Hall–Kier alpha value is -2.15. The standard InChI is InChI=1S/C14H16N2O4S/c1-4-12(17)15-9(2)13-14(18)10-7-5-6-8-11(10)21(19,20)16(13)3/h5-8H,4H2,1-3H3,(H,15,17). The van der Waals surface area contributed by atoms with Crippen LogP contribution in [0.2, 0.25) is 0 Å². The van der Waals surface area contributed by atoms with Crippen molar-refractivity contribution in [1.29, 1.82) is 0 Å². The summed E-state index contributed by atoms with van der Waals surface area (Å²) in [4.78, 5) is 24.0. The molecule has 1 aliphatic heterocycles. The number of hydrogen-bond acceptors (Lipinski definition) is 4. The van der Waals surface area contributed by atoms with E-state index in [1.807, 2.05) is 0 Å². The number of likely N-dealkylation sites (N-methyl/N-ethyl adjacent to an activating group) is 1. The average Bonchev–Trinajstić information content (AvgIpc) is 2.45. The largest absolute Gasteiger partial charge is 0.328 e. The summed E-state index contributed by atoms with van der Waals surface area (Å²) in [5.74, 6) is -0.700. The molecule has 0 radical (unpaired) electrons. The van der Waals surface area contributed by atoms with Crippen LogP contribution in [-0.2, 0) is 14.8 Å². The van der Waals surface area contributed by atoms with Crippen LogP contribution in [-0.4, -0.2) is 31.5 Å². The van der Waals surface area contributed by atoms with E-state index in [-0.39, 0.29) is 34.2 Å². The summed E-state index contributed by atoms with van der Waals surface area (Å²) < 4.78 is 25.8. The van der Waals surface area contributed by atoms with Crippen molar-refractivity contribution in [2.45, 2.75) is 25.2 Å². The van der Waals surface area contributed by atoms with Crippen molar-refractivity contribution >= 4 is 21.7 Å². The van der Waals surface area contributed by atoms with Gasteiger partial charge in [0.25, 0.3) is 10.0 Å². The Kier molecular flexibility index (Phi) is 3.87. The highest BCUT2D eigenvalue weighted by atomic mass is 32.2. The fourth-order valence-electron chi connectivity index (χ4n) is 2.18. The first-order valence-corrected chi connectivity index (χ1v) is 7.88. The lowest BCUT2D eigenvalue weighted by atomic mass is 10.1. The van der Waals surface area contributed by atoms with Gasteiger partial charge in [-0.3, -0.25) is 13.9 Å². The molecule has 7 heteroatoms. The molecule has 0 fully saturated rings. The summed E-state index contributed by atoms with van der Waals surface area (Å²) in [5.41, 5.74) is 0.318. The summed E-state index contributed by atoms with van der Waals surface area (Å²) in [6.45, 7) is 3.19. The molecule has 0 aromatic heterocycles. The SMILES string of the molecule is CCC(=O)NC(C)=C1C(=O)c2ccccc2S(=O)(=O)N1C. The molecule has 0 saturated heterocycles. The van der Waals surface area contributed by atoms with E-state index in [9.17, 15) is 18.0 Å². The lowest BCUT2D eigenvalue weighted by molar-refractivity contribution is -0.120. The first kappa shape index (κ1) is 15.2. The molecule has 0 unspecified atom stereocenters. The number of carbonyl (C=O) groups excluding carboxylic acids is 2. The van der Waals surface area contributed by atoms with Gasteiger partial charge in [0.2, 0.25) is 11.7 Å². The van der Waals surface area contributed by atoms with Crippen molar-refractivity contribution in [1.82, 2.24) is 9.62 Å². The van der Waals surface area contributed by atoms with E-state index >= 15 is 0 Å². The van der Waals surface area contributed by atoms with Crippen LogP contribution in [0.5, 0.6) is 0 Å². The van der Waals surface area contributed by atoms with Crippen molar-refractivity contribution in [3.8, 4) is 0 Å². The lowest BCUT2D eigenvalue weighted by Crippen LogP contribution is -2.39. The molecule has 1 aliphatic rings. The fraction of sp³-hybridized carbons (Fsp3) is 0.286. The number of allylic oxidation sites excluding steroid dienone is 2. The third-order valence-electron chi connectivity index (χ3n) is 3.30. The van der Waals surface area contributed by atoms with Gasteiger partial charge in [-0.25, -0.2) is 8.42 Å². The highest BCUT2D eigenvalue weighted by molar-refractivity contribution is 7.89. The zero-order valence-electron chi connectivity index (χ0n) is 12.0. The molecule has 1 amide bonds. The number of nitrogens with zero attached hydrogens (tertiary/aromatic N) is 1. The van der Waals surface area contributed by atoms with Gasteiger partial charge in [-0.1, -0.05) is 19.1 Å². The average molecular weight is 308 g/mol. The highest BCUT2D eigenvalue weighted by Gasteiger charge is 2.38. The van der Waals surface area contributed by atoms with E-state index in [4.69, 9.17) is 0 Å². The van der Waals surface area contributed by atoms with E-state index in [2.05, 4.69) is 5.32 Å². The number of ketones is 1.